The van der Waals surface area contributed by atoms with Crippen molar-refractivity contribution in [2.75, 3.05) is 23.4 Å². The standard InChI is InChI=1S/C24H25N3O3/c1-2-3-15-30-24(29)20-11-5-6-12-21(20)26-17-19(16-25)23(28)27-14-8-10-18-9-4-7-13-22(18)27/h4-7,9,11-13,17,26H,2-3,8,10,14-15H2,1H3/b19-17-. The highest BCUT2D eigenvalue weighted by atomic mass is 16.5. The van der Waals surface area contributed by atoms with Crippen LogP contribution in [-0.2, 0) is 16.0 Å². The lowest BCUT2D eigenvalue weighted by molar-refractivity contribution is -0.114. The van der Waals surface area contributed by atoms with E-state index < -0.39 is 5.97 Å². The molecule has 1 aliphatic rings. The van der Waals surface area contributed by atoms with Crippen LogP contribution in [-0.4, -0.2) is 25.0 Å². The lowest BCUT2D eigenvalue weighted by atomic mass is 10.0. The Morgan fingerprint density at radius 2 is 1.97 bits per heavy atom. The number of benzene rings is 2. The van der Waals surface area contributed by atoms with Gasteiger partial charge in [0.2, 0.25) is 0 Å². The Morgan fingerprint density at radius 3 is 2.77 bits per heavy atom. The van der Waals surface area contributed by atoms with Crippen molar-refractivity contribution in [1.29, 1.82) is 5.26 Å². The fraction of sp³-hybridized carbons (Fsp3) is 0.292. The summed E-state index contributed by atoms with van der Waals surface area (Å²) in [6.45, 7) is 2.94. The smallest absolute Gasteiger partial charge is 0.340 e. The predicted octanol–water partition coefficient (Wildman–Crippen LogP) is 4.44. The number of anilines is 2. The second-order valence-electron chi connectivity index (χ2n) is 7.04. The number of hydrogen-bond donors (Lipinski definition) is 1. The number of nitrogens with zero attached hydrogens (tertiary/aromatic N) is 2. The first kappa shape index (κ1) is 21.1. The van der Waals surface area contributed by atoms with Crippen LogP contribution >= 0.6 is 0 Å². The summed E-state index contributed by atoms with van der Waals surface area (Å²) < 4.78 is 5.28. The SMILES string of the molecule is CCCCOC(=O)c1ccccc1N/C=C(/C#N)C(=O)N1CCCc2ccccc21. The zero-order valence-electron chi connectivity index (χ0n) is 17.1. The molecular weight excluding hydrogens is 378 g/mol. The molecule has 0 saturated heterocycles. The van der Waals surface area contributed by atoms with Crippen molar-refractivity contribution in [2.24, 2.45) is 0 Å². The topological polar surface area (TPSA) is 82.4 Å². The molecule has 3 rings (SSSR count). The van der Waals surface area contributed by atoms with Gasteiger partial charge in [0.15, 0.2) is 0 Å². The van der Waals surface area contributed by atoms with E-state index in [0.717, 1.165) is 36.9 Å². The molecular formula is C24H25N3O3. The quantitative estimate of drug-likeness (QED) is 0.320. The Kier molecular flexibility index (Phi) is 7.23. The van der Waals surface area contributed by atoms with E-state index in [2.05, 4.69) is 5.32 Å². The first-order valence-electron chi connectivity index (χ1n) is 10.2. The van der Waals surface area contributed by atoms with Crippen LogP contribution < -0.4 is 10.2 Å². The number of nitriles is 1. The Morgan fingerprint density at radius 1 is 1.20 bits per heavy atom. The number of rotatable bonds is 7. The number of fused-ring (bicyclic) bond motifs is 1. The second kappa shape index (κ2) is 10.3. The molecule has 0 aliphatic carbocycles. The molecule has 0 spiro atoms. The third-order valence-electron chi connectivity index (χ3n) is 4.96. The maximum absolute atomic E-state index is 13.0. The van der Waals surface area contributed by atoms with Crippen LogP contribution in [0, 0.1) is 11.3 Å². The normalized spacial score (nSPS) is 13.2. The zero-order chi connectivity index (χ0) is 21.3. The summed E-state index contributed by atoms with van der Waals surface area (Å²) in [6.07, 6.45) is 4.85. The van der Waals surface area contributed by atoms with Crippen LogP contribution in [0.5, 0.6) is 0 Å². The van der Waals surface area contributed by atoms with Crippen LogP contribution in [0.4, 0.5) is 11.4 Å². The number of esters is 1. The van der Waals surface area contributed by atoms with Crippen molar-refractivity contribution in [1.82, 2.24) is 0 Å². The molecule has 0 aromatic heterocycles. The Labute approximate surface area is 176 Å². The molecule has 154 valence electrons. The van der Waals surface area contributed by atoms with E-state index in [-0.39, 0.29) is 11.5 Å². The number of para-hydroxylation sites is 2. The monoisotopic (exact) mass is 403 g/mol. The van der Waals surface area contributed by atoms with E-state index in [4.69, 9.17) is 4.74 Å². The minimum absolute atomic E-state index is 0.0270. The number of aryl methyl sites for hydroxylation is 1. The van der Waals surface area contributed by atoms with Crippen molar-refractivity contribution in [3.8, 4) is 6.07 Å². The number of nitrogens with one attached hydrogen (secondary N) is 1. The minimum Gasteiger partial charge on any atom is -0.462 e. The van der Waals surface area contributed by atoms with Gasteiger partial charge in [0.1, 0.15) is 11.6 Å². The van der Waals surface area contributed by atoms with Crippen LogP contribution in [0.25, 0.3) is 0 Å². The maximum Gasteiger partial charge on any atom is 0.340 e. The summed E-state index contributed by atoms with van der Waals surface area (Å²) in [6, 6.07) is 16.6. The Bertz CT molecular complexity index is 991. The number of amides is 1. The van der Waals surface area contributed by atoms with Gasteiger partial charge in [-0.05, 0) is 43.0 Å². The molecule has 1 aliphatic heterocycles. The number of unbranched alkanes of at least 4 members (excludes halogenated alkanes) is 1. The van der Waals surface area contributed by atoms with Crippen molar-refractivity contribution in [2.45, 2.75) is 32.6 Å². The van der Waals surface area contributed by atoms with E-state index in [0.29, 0.717) is 24.4 Å². The highest BCUT2D eigenvalue weighted by Gasteiger charge is 2.25. The Hall–Kier alpha value is -3.59. The fourth-order valence-corrected chi connectivity index (χ4v) is 3.36. The summed E-state index contributed by atoms with van der Waals surface area (Å²) in [5.74, 6) is -0.796. The lowest BCUT2D eigenvalue weighted by Gasteiger charge is -2.29. The van der Waals surface area contributed by atoms with Gasteiger partial charge in [-0.3, -0.25) is 4.79 Å². The maximum atomic E-state index is 13.0. The average Bonchev–Trinajstić information content (AvgIpc) is 2.79. The predicted molar refractivity (Wildman–Crippen MR) is 116 cm³/mol. The van der Waals surface area contributed by atoms with E-state index in [9.17, 15) is 14.9 Å². The lowest BCUT2D eigenvalue weighted by Crippen LogP contribution is -2.36. The third kappa shape index (κ3) is 4.87. The van der Waals surface area contributed by atoms with Crippen molar-refractivity contribution >= 4 is 23.3 Å². The Balaban J connectivity index is 1.78. The van der Waals surface area contributed by atoms with Crippen LogP contribution in [0.15, 0.2) is 60.3 Å². The average molecular weight is 403 g/mol. The number of ether oxygens (including phenoxy) is 1. The summed E-state index contributed by atoms with van der Waals surface area (Å²) >= 11 is 0. The van der Waals surface area contributed by atoms with Gasteiger partial charge in [-0.1, -0.05) is 43.7 Å². The van der Waals surface area contributed by atoms with Crippen LogP contribution in [0.2, 0.25) is 0 Å². The molecule has 0 fully saturated rings. The van der Waals surface area contributed by atoms with Crippen molar-refractivity contribution in [3.63, 3.8) is 0 Å². The van der Waals surface area contributed by atoms with Gasteiger partial charge in [0.05, 0.1) is 17.9 Å². The molecule has 0 radical (unpaired) electrons. The van der Waals surface area contributed by atoms with Gasteiger partial charge < -0.3 is 15.0 Å². The fourth-order valence-electron chi connectivity index (χ4n) is 3.36. The molecule has 6 nitrogen and oxygen atoms in total. The van der Waals surface area contributed by atoms with E-state index in [1.165, 1.54) is 6.20 Å². The molecule has 30 heavy (non-hydrogen) atoms. The summed E-state index contributed by atoms with van der Waals surface area (Å²) in [5, 5.41) is 12.5. The molecule has 0 bridgehead atoms. The zero-order valence-corrected chi connectivity index (χ0v) is 17.1. The van der Waals surface area contributed by atoms with Crippen molar-refractivity contribution < 1.29 is 14.3 Å². The molecule has 0 saturated carbocycles. The summed E-state index contributed by atoms with van der Waals surface area (Å²) in [4.78, 5) is 27.0. The highest BCUT2D eigenvalue weighted by Crippen LogP contribution is 2.28. The minimum atomic E-state index is -0.435. The van der Waals surface area contributed by atoms with Gasteiger partial charge in [-0.15, -0.1) is 0 Å². The van der Waals surface area contributed by atoms with Crippen LogP contribution in [0.1, 0.15) is 42.1 Å². The molecule has 1 amide bonds. The molecule has 2 aromatic rings. The first-order valence-corrected chi connectivity index (χ1v) is 10.2. The highest BCUT2D eigenvalue weighted by molar-refractivity contribution is 6.09. The number of carbonyl (C=O) groups excluding carboxylic acids is 2. The largest absolute Gasteiger partial charge is 0.462 e. The van der Waals surface area contributed by atoms with Crippen molar-refractivity contribution in [3.05, 3.63) is 71.4 Å². The number of hydrogen-bond acceptors (Lipinski definition) is 5. The third-order valence-corrected chi connectivity index (χ3v) is 4.96. The summed E-state index contributed by atoms with van der Waals surface area (Å²) in [7, 11) is 0. The van der Waals surface area contributed by atoms with Gasteiger partial charge in [0.25, 0.3) is 5.91 Å². The first-order chi connectivity index (χ1) is 14.7. The van der Waals surface area contributed by atoms with E-state index in [1.807, 2.05) is 37.3 Å². The molecule has 1 N–H and O–H groups in total. The molecule has 0 atom stereocenters. The van der Waals surface area contributed by atoms with E-state index >= 15 is 0 Å². The second-order valence-corrected chi connectivity index (χ2v) is 7.04. The molecule has 0 unspecified atom stereocenters. The van der Waals surface area contributed by atoms with Gasteiger partial charge in [0, 0.05) is 18.4 Å². The number of carbonyl (C=O) groups is 2. The van der Waals surface area contributed by atoms with Gasteiger partial charge >= 0.3 is 5.97 Å². The summed E-state index contributed by atoms with van der Waals surface area (Å²) in [5.41, 5.74) is 2.76. The van der Waals surface area contributed by atoms with E-state index in [1.54, 1.807) is 29.2 Å². The van der Waals surface area contributed by atoms with Gasteiger partial charge in [-0.25, -0.2) is 4.79 Å². The van der Waals surface area contributed by atoms with Crippen LogP contribution in [0.3, 0.4) is 0 Å². The molecule has 2 aromatic carbocycles. The molecule has 1 heterocycles. The van der Waals surface area contributed by atoms with Gasteiger partial charge in [-0.2, -0.15) is 5.26 Å². The molecule has 6 heteroatoms.